The minimum absolute atomic E-state index is 0.0245. The lowest BCUT2D eigenvalue weighted by atomic mass is 10.1. The molecule has 0 aliphatic carbocycles. The molecule has 1 aromatic carbocycles. The SMILES string of the molecule is CCCN(C(=O)c1cnn(-c2ccc(F)cc2)c1C)C1CCNC1. The molecule has 1 atom stereocenters. The van der Waals surface area contributed by atoms with Gasteiger partial charge >= 0.3 is 0 Å². The molecule has 2 heterocycles. The summed E-state index contributed by atoms with van der Waals surface area (Å²) >= 11 is 0. The number of nitrogens with one attached hydrogen (secondary N) is 1. The van der Waals surface area contributed by atoms with Crippen LogP contribution in [0.1, 0.15) is 35.8 Å². The molecular weight excluding hydrogens is 307 g/mol. The highest BCUT2D eigenvalue weighted by atomic mass is 19.1. The molecule has 6 heteroatoms. The van der Waals surface area contributed by atoms with Gasteiger partial charge in [0.2, 0.25) is 0 Å². The van der Waals surface area contributed by atoms with Crippen LogP contribution in [0.2, 0.25) is 0 Å². The van der Waals surface area contributed by atoms with Gasteiger partial charge in [-0.1, -0.05) is 6.92 Å². The summed E-state index contributed by atoms with van der Waals surface area (Å²) < 4.78 is 14.8. The zero-order valence-electron chi connectivity index (χ0n) is 14.1. The minimum atomic E-state index is -0.289. The number of halogens is 1. The molecule has 0 saturated carbocycles. The molecule has 0 radical (unpaired) electrons. The first kappa shape index (κ1) is 16.6. The highest BCUT2D eigenvalue weighted by molar-refractivity contribution is 5.95. The van der Waals surface area contributed by atoms with Gasteiger partial charge < -0.3 is 10.2 Å². The van der Waals surface area contributed by atoms with Crippen molar-refractivity contribution in [2.75, 3.05) is 19.6 Å². The highest BCUT2D eigenvalue weighted by Gasteiger charge is 2.28. The second-order valence-corrected chi connectivity index (χ2v) is 6.18. The third kappa shape index (κ3) is 3.19. The quantitative estimate of drug-likeness (QED) is 0.916. The van der Waals surface area contributed by atoms with Gasteiger partial charge in [0.05, 0.1) is 23.1 Å². The van der Waals surface area contributed by atoms with Crippen LogP contribution in [0, 0.1) is 12.7 Å². The van der Waals surface area contributed by atoms with Gasteiger partial charge in [-0.3, -0.25) is 4.79 Å². The normalized spacial score (nSPS) is 17.2. The van der Waals surface area contributed by atoms with Gasteiger partial charge in [-0.15, -0.1) is 0 Å². The summed E-state index contributed by atoms with van der Waals surface area (Å²) in [5.41, 5.74) is 2.14. The van der Waals surface area contributed by atoms with E-state index >= 15 is 0 Å². The van der Waals surface area contributed by atoms with E-state index in [1.165, 1.54) is 12.1 Å². The van der Waals surface area contributed by atoms with Crippen LogP contribution in [0.25, 0.3) is 5.69 Å². The number of hydrogen-bond acceptors (Lipinski definition) is 3. The van der Waals surface area contributed by atoms with E-state index in [4.69, 9.17) is 0 Å². The summed E-state index contributed by atoms with van der Waals surface area (Å²) in [4.78, 5) is 15.0. The summed E-state index contributed by atoms with van der Waals surface area (Å²) in [6.45, 7) is 6.49. The number of rotatable bonds is 5. The summed E-state index contributed by atoms with van der Waals surface area (Å²) in [6, 6.07) is 6.35. The van der Waals surface area contributed by atoms with Crippen molar-refractivity contribution in [2.24, 2.45) is 0 Å². The predicted octanol–water partition coefficient (Wildman–Crippen LogP) is 2.53. The topological polar surface area (TPSA) is 50.2 Å². The van der Waals surface area contributed by atoms with Crippen molar-refractivity contribution in [1.29, 1.82) is 0 Å². The second kappa shape index (κ2) is 7.13. The Balaban J connectivity index is 1.88. The lowest BCUT2D eigenvalue weighted by molar-refractivity contribution is 0.0691. The van der Waals surface area contributed by atoms with E-state index in [9.17, 15) is 9.18 Å². The van der Waals surface area contributed by atoms with Gasteiger partial charge in [0, 0.05) is 19.1 Å². The number of nitrogens with zero attached hydrogens (tertiary/aromatic N) is 3. The minimum Gasteiger partial charge on any atom is -0.334 e. The predicted molar refractivity (Wildman–Crippen MR) is 90.9 cm³/mol. The molecule has 1 aromatic heterocycles. The van der Waals surface area contributed by atoms with Crippen LogP contribution in [0.3, 0.4) is 0 Å². The molecule has 1 fully saturated rings. The zero-order chi connectivity index (χ0) is 17.1. The Labute approximate surface area is 141 Å². The summed E-state index contributed by atoms with van der Waals surface area (Å²) in [5, 5.41) is 7.66. The smallest absolute Gasteiger partial charge is 0.257 e. The lowest BCUT2D eigenvalue weighted by Crippen LogP contribution is -2.42. The van der Waals surface area contributed by atoms with E-state index in [-0.39, 0.29) is 17.8 Å². The van der Waals surface area contributed by atoms with Crippen LogP contribution in [-0.2, 0) is 0 Å². The van der Waals surface area contributed by atoms with E-state index in [1.54, 1.807) is 23.0 Å². The van der Waals surface area contributed by atoms with Crippen molar-refractivity contribution in [1.82, 2.24) is 20.0 Å². The van der Waals surface area contributed by atoms with Crippen molar-refractivity contribution in [3.63, 3.8) is 0 Å². The first-order valence-corrected chi connectivity index (χ1v) is 8.44. The molecule has 1 aliphatic heterocycles. The number of carbonyl (C=O) groups is 1. The highest BCUT2D eigenvalue weighted by Crippen LogP contribution is 2.19. The Kier molecular flexibility index (Phi) is 4.94. The summed E-state index contributed by atoms with van der Waals surface area (Å²) in [7, 11) is 0. The molecule has 1 aliphatic rings. The molecule has 3 rings (SSSR count). The van der Waals surface area contributed by atoms with Gasteiger partial charge in [0.25, 0.3) is 5.91 Å². The Hall–Kier alpha value is -2.21. The molecule has 0 bridgehead atoms. The molecule has 1 saturated heterocycles. The van der Waals surface area contributed by atoms with Gasteiger partial charge in [-0.25, -0.2) is 9.07 Å². The van der Waals surface area contributed by atoms with Crippen LogP contribution >= 0.6 is 0 Å². The van der Waals surface area contributed by atoms with Crippen molar-refractivity contribution in [2.45, 2.75) is 32.7 Å². The molecule has 0 spiro atoms. The Morgan fingerprint density at radius 2 is 2.17 bits per heavy atom. The van der Waals surface area contributed by atoms with Gasteiger partial charge in [-0.2, -0.15) is 5.10 Å². The van der Waals surface area contributed by atoms with Gasteiger partial charge in [-0.05, 0) is 50.6 Å². The first-order valence-electron chi connectivity index (χ1n) is 8.44. The average molecular weight is 330 g/mol. The summed E-state index contributed by atoms with van der Waals surface area (Å²) in [6.07, 6.45) is 3.52. The molecule has 24 heavy (non-hydrogen) atoms. The Bertz CT molecular complexity index is 704. The number of benzene rings is 1. The molecule has 128 valence electrons. The number of aromatic nitrogens is 2. The van der Waals surface area contributed by atoms with Crippen LogP contribution in [0.5, 0.6) is 0 Å². The second-order valence-electron chi connectivity index (χ2n) is 6.18. The maximum absolute atomic E-state index is 13.1. The van der Waals surface area contributed by atoms with Crippen molar-refractivity contribution >= 4 is 5.91 Å². The lowest BCUT2D eigenvalue weighted by Gasteiger charge is -2.28. The van der Waals surface area contributed by atoms with Gasteiger partial charge in [0.1, 0.15) is 5.82 Å². The van der Waals surface area contributed by atoms with E-state index in [0.717, 1.165) is 43.9 Å². The van der Waals surface area contributed by atoms with Crippen molar-refractivity contribution < 1.29 is 9.18 Å². The van der Waals surface area contributed by atoms with Crippen molar-refractivity contribution in [3.8, 4) is 5.69 Å². The third-order valence-corrected chi connectivity index (χ3v) is 4.51. The Morgan fingerprint density at radius 1 is 1.42 bits per heavy atom. The van der Waals surface area contributed by atoms with E-state index < -0.39 is 0 Å². The fourth-order valence-corrected chi connectivity index (χ4v) is 3.21. The maximum atomic E-state index is 13.1. The molecule has 1 amide bonds. The largest absolute Gasteiger partial charge is 0.334 e. The van der Waals surface area contributed by atoms with E-state index in [1.807, 2.05) is 11.8 Å². The fourth-order valence-electron chi connectivity index (χ4n) is 3.21. The number of amides is 1. The van der Waals surface area contributed by atoms with Crippen LogP contribution < -0.4 is 5.32 Å². The van der Waals surface area contributed by atoms with Crippen LogP contribution in [0.4, 0.5) is 4.39 Å². The van der Waals surface area contributed by atoms with E-state index in [2.05, 4.69) is 17.3 Å². The third-order valence-electron chi connectivity index (χ3n) is 4.51. The maximum Gasteiger partial charge on any atom is 0.257 e. The molecule has 5 nitrogen and oxygen atoms in total. The molecular formula is C18H23FN4O. The Morgan fingerprint density at radius 3 is 2.79 bits per heavy atom. The van der Waals surface area contributed by atoms with E-state index in [0.29, 0.717) is 5.56 Å². The van der Waals surface area contributed by atoms with Crippen LogP contribution in [0.15, 0.2) is 30.5 Å². The standard InChI is InChI=1S/C18H23FN4O/c1-3-10-22(16-8-9-20-11-16)18(24)17-12-21-23(13(17)2)15-6-4-14(19)5-7-15/h4-7,12,16,20H,3,8-11H2,1-2H3. The molecule has 2 aromatic rings. The first-order chi connectivity index (χ1) is 11.6. The molecule has 1 N–H and O–H groups in total. The monoisotopic (exact) mass is 330 g/mol. The number of carbonyl (C=O) groups excluding carboxylic acids is 1. The zero-order valence-corrected chi connectivity index (χ0v) is 14.1. The summed E-state index contributed by atoms with van der Waals surface area (Å²) in [5.74, 6) is -0.265. The average Bonchev–Trinajstić information content (AvgIpc) is 3.23. The van der Waals surface area contributed by atoms with Crippen molar-refractivity contribution in [3.05, 3.63) is 47.5 Å². The molecule has 1 unspecified atom stereocenters. The fraction of sp³-hybridized carbons (Fsp3) is 0.444. The van der Waals surface area contributed by atoms with Crippen LogP contribution in [-0.4, -0.2) is 46.3 Å². The number of hydrogen-bond donors (Lipinski definition) is 1. The van der Waals surface area contributed by atoms with Gasteiger partial charge in [0.15, 0.2) is 0 Å².